The molecule has 3 aromatic carbocycles. The fourth-order valence-electron chi connectivity index (χ4n) is 2.55. The highest BCUT2D eigenvalue weighted by atomic mass is 79.9. The highest BCUT2D eigenvalue weighted by molar-refractivity contribution is 9.10. The van der Waals surface area contributed by atoms with Crippen LogP contribution in [0.1, 0.15) is 21.5 Å². The average Bonchev–Trinajstić information content (AvgIpc) is 2.76. The molecule has 0 aromatic heterocycles. The van der Waals surface area contributed by atoms with E-state index in [1.54, 1.807) is 30.3 Å². The van der Waals surface area contributed by atoms with Crippen molar-refractivity contribution in [3.63, 3.8) is 0 Å². The lowest BCUT2D eigenvalue weighted by molar-refractivity contribution is -0.118. The lowest BCUT2D eigenvalue weighted by Gasteiger charge is -2.08. The Kier molecular flexibility index (Phi) is 7.40. The molecule has 3 N–H and O–H groups in total. The molecule has 2 amide bonds. The minimum atomic E-state index is -0.533. The zero-order chi connectivity index (χ0) is 22.2. The molecule has 3 rings (SSSR count). The normalized spacial score (nSPS) is 10.6. The monoisotopic (exact) mass is 481 g/mol. The van der Waals surface area contributed by atoms with Crippen molar-refractivity contribution in [2.24, 2.45) is 5.10 Å². The third kappa shape index (κ3) is 6.68. The van der Waals surface area contributed by atoms with Gasteiger partial charge in [-0.15, -0.1) is 0 Å². The number of ether oxygens (including phenoxy) is 1. The highest BCUT2D eigenvalue weighted by Gasteiger charge is 2.10. The number of phenolic OH excluding ortho intramolecular Hbond substituents is 1. The van der Waals surface area contributed by atoms with Crippen LogP contribution in [0.3, 0.4) is 0 Å². The van der Waals surface area contributed by atoms with Crippen LogP contribution < -0.4 is 15.5 Å². The minimum Gasteiger partial charge on any atom is -0.507 e. The Morgan fingerprint density at radius 3 is 2.48 bits per heavy atom. The lowest BCUT2D eigenvalue weighted by atomic mass is 10.2. The predicted octanol–water partition coefficient (Wildman–Crippen LogP) is 4.24. The number of nitrogens with one attached hydrogen (secondary N) is 2. The zero-order valence-corrected chi connectivity index (χ0v) is 18.2. The zero-order valence-electron chi connectivity index (χ0n) is 16.6. The van der Waals surface area contributed by atoms with Gasteiger partial charge in [0, 0.05) is 10.2 Å². The van der Waals surface area contributed by atoms with Crippen LogP contribution in [0, 0.1) is 6.92 Å². The van der Waals surface area contributed by atoms with Crippen LogP contribution in [0.25, 0.3) is 0 Å². The van der Waals surface area contributed by atoms with E-state index in [1.165, 1.54) is 18.3 Å². The van der Waals surface area contributed by atoms with E-state index in [0.717, 1.165) is 11.1 Å². The van der Waals surface area contributed by atoms with E-state index in [-0.39, 0.29) is 23.8 Å². The Morgan fingerprint density at radius 2 is 1.77 bits per heavy atom. The van der Waals surface area contributed by atoms with Gasteiger partial charge in [0.15, 0.2) is 6.61 Å². The Bertz CT molecular complexity index is 1100. The van der Waals surface area contributed by atoms with Crippen LogP contribution in [0.5, 0.6) is 11.5 Å². The first-order valence-electron chi connectivity index (χ1n) is 9.32. The molecule has 0 aliphatic rings. The second kappa shape index (κ2) is 10.4. The highest BCUT2D eigenvalue weighted by Crippen LogP contribution is 2.21. The molecule has 0 radical (unpaired) electrons. The first-order valence-corrected chi connectivity index (χ1v) is 10.1. The van der Waals surface area contributed by atoms with Gasteiger partial charge >= 0.3 is 0 Å². The van der Waals surface area contributed by atoms with Gasteiger partial charge in [0.2, 0.25) is 0 Å². The van der Waals surface area contributed by atoms with Gasteiger partial charge in [-0.1, -0.05) is 33.6 Å². The minimum absolute atomic E-state index is 0.110. The number of carbonyl (C=O) groups is 2. The second-order valence-electron chi connectivity index (χ2n) is 6.63. The van der Waals surface area contributed by atoms with Crippen LogP contribution in [0.15, 0.2) is 76.3 Å². The van der Waals surface area contributed by atoms with Crippen molar-refractivity contribution in [3.05, 3.63) is 87.9 Å². The Labute approximate surface area is 187 Å². The second-order valence-corrected chi connectivity index (χ2v) is 7.55. The van der Waals surface area contributed by atoms with Crippen molar-refractivity contribution in [3.8, 4) is 11.5 Å². The summed E-state index contributed by atoms with van der Waals surface area (Å²) in [6, 6.07) is 18.9. The molecule has 8 heteroatoms. The molecule has 0 aliphatic heterocycles. The Morgan fingerprint density at radius 1 is 1.06 bits per heavy atom. The quantitative estimate of drug-likeness (QED) is 0.347. The number of carbonyl (C=O) groups excluding carboxylic acids is 2. The van der Waals surface area contributed by atoms with Crippen molar-refractivity contribution >= 4 is 39.6 Å². The molecular weight excluding hydrogens is 462 g/mol. The van der Waals surface area contributed by atoms with Gasteiger partial charge in [-0.05, 0) is 67.1 Å². The van der Waals surface area contributed by atoms with Gasteiger partial charge < -0.3 is 15.2 Å². The maximum absolute atomic E-state index is 12.1. The van der Waals surface area contributed by atoms with Crippen molar-refractivity contribution in [1.29, 1.82) is 0 Å². The fraction of sp³-hybridized carbons (Fsp3) is 0.0870. The number of phenols is 1. The van der Waals surface area contributed by atoms with Crippen molar-refractivity contribution in [1.82, 2.24) is 5.43 Å². The maximum Gasteiger partial charge on any atom is 0.275 e. The number of anilines is 1. The molecule has 0 spiro atoms. The van der Waals surface area contributed by atoms with Crippen molar-refractivity contribution in [2.45, 2.75) is 6.92 Å². The fourth-order valence-corrected chi connectivity index (χ4v) is 2.91. The van der Waals surface area contributed by atoms with E-state index in [2.05, 4.69) is 31.8 Å². The van der Waals surface area contributed by atoms with Crippen LogP contribution in [-0.4, -0.2) is 29.7 Å². The topological polar surface area (TPSA) is 100 Å². The summed E-state index contributed by atoms with van der Waals surface area (Å²) in [5, 5.41) is 16.4. The summed E-state index contributed by atoms with van der Waals surface area (Å²) >= 11 is 3.25. The molecule has 3 aromatic rings. The number of rotatable bonds is 7. The third-order valence-electron chi connectivity index (χ3n) is 4.17. The summed E-state index contributed by atoms with van der Waals surface area (Å²) < 4.78 is 6.15. The van der Waals surface area contributed by atoms with Gasteiger partial charge in [-0.3, -0.25) is 9.59 Å². The standard InChI is InChI=1S/C23H20BrN3O4/c1-15-2-7-18(8-3-15)26-22(29)14-31-19-9-4-16(5-10-19)13-25-27-23(30)20-12-17(24)6-11-21(20)28/h2-13,28H,14H2,1H3,(H,26,29)(H,27,30)/b25-13+. The molecule has 0 fully saturated rings. The van der Waals surface area contributed by atoms with Gasteiger partial charge in [-0.2, -0.15) is 5.10 Å². The maximum atomic E-state index is 12.1. The molecular formula is C23H20BrN3O4. The first-order chi connectivity index (χ1) is 14.9. The molecule has 31 heavy (non-hydrogen) atoms. The van der Waals surface area contributed by atoms with E-state index in [4.69, 9.17) is 4.74 Å². The summed E-state index contributed by atoms with van der Waals surface area (Å²) in [6.07, 6.45) is 1.46. The molecule has 7 nitrogen and oxygen atoms in total. The van der Waals surface area contributed by atoms with Gasteiger partial charge in [-0.25, -0.2) is 5.43 Å². The molecule has 158 valence electrons. The van der Waals surface area contributed by atoms with Crippen molar-refractivity contribution in [2.75, 3.05) is 11.9 Å². The third-order valence-corrected chi connectivity index (χ3v) is 4.66. The Balaban J connectivity index is 1.48. The van der Waals surface area contributed by atoms with Crippen LogP contribution in [-0.2, 0) is 4.79 Å². The number of hydrogen-bond acceptors (Lipinski definition) is 5. The number of aromatic hydroxyl groups is 1. The van der Waals surface area contributed by atoms with Crippen LogP contribution >= 0.6 is 15.9 Å². The number of amides is 2. The summed E-state index contributed by atoms with van der Waals surface area (Å²) in [6.45, 7) is 1.86. The number of hydrogen-bond donors (Lipinski definition) is 3. The van der Waals surface area contributed by atoms with E-state index < -0.39 is 5.91 Å². The van der Waals surface area contributed by atoms with Gasteiger partial charge in [0.05, 0.1) is 11.8 Å². The lowest BCUT2D eigenvalue weighted by Crippen LogP contribution is -2.20. The number of hydrazone groups is 1. The van der Waals surface area contributed by atoms with Gasteiger partial charge in [0.1, 0.15) is 11.5 Å². The smallest absolute Gasteiger partial charge is 0.275 e. The molecule has 0 aliphatic carbocycles. The number of aryl methyl sites for hydroxylation is 1. The summed E-state index contributed by atoms with van der Waals surface area (Å²) in [5.74, 6) is -0.397. The van der Waals surface area contributed by atoms with Crippen molar-refractivity contribution < 1.29 is 19.4 Å². The van der Waals surface area contributed by atoms with Gasteiger partial charge in [0.25, 0.3) is 11.8 Å². The van der Waals surface area contributed by atoms with E-state index >= 15 is 0 Å². The molecule has 0 saturated heterocycles. The number of nitrogens with zero attached hydrogens (tertiary/aromatic N) is 1. The largest absolute Gasteiger partial charge is 0.507 e. The van der Waals surface area contributed by atoms with E-state index in [1.807, 2.05) is 31.2 Å². The predicted molar refractivity (Wildman–Crippen MR) is 123 cm³/mol. The summed E-state index contributed by atoms with van der Waals surface area (Å²) in [7, 11) is 0. The number of benzene rings is 3. The average molecular weight is 482 g/mol. The molecule has 0 bridgehead atoms. The molecule has 0 heterocycles. The van der Waals surface area contributed by atoms with E-state index in [0.29, 0.717) is 15.9 Å². The van der Waals surface area contributed by atoms with Crippen LogP contribution in [0.2, 0.25) is 0 Å². The molecule has 0 atom stereocenters. The Hall–Kier alpha value is -3.65. The molecule has 0 unspecified atom stereocenters. The van der Waals surface area contributed by atoms with E-state index in [9.17, 15) is 14.7 Å². The SMILES string of the molecule is Cc1ccc(NC(=O)COc2ccc(/C=N/NC(=O)c3cc(Br)ccc3O)cc2)cc1. The van der Waals surface area contributed by atoms with Crippen LogP contribution in [0.4, 0.5) is 5.69 Å². The summed E-state index contributed by atoms with van der Waals surface area (Å²) in [4.78, 5) is 24.1. The number of halogens is 1. The molecule has 0 saturated carbocycles. The summed E-state index contributed by atoms with van der Waals surface area (Å²) in [5.41, 5.74) is 5.02. The first kappa shape index (κ1) is 22.0.